The molecule has 5 heteroatoms. The SMILES string of the molecule is CCOCC(=O)Nc1ccccc1/N=C(\C)N(C)C. The summed E-state index contributed by atoms with van der Waals surface area (Å²) in [5.74, 6) is 0.693. The van der Waals surface area contributed by atoms with E-state index in [2.05, 4.69) is 10.3 Å². The Morgan fingerprint density at radius 1 is 1.37 bits per heavy atom. The number of nitrogens with zero attached hydrogens (tertiary/aromatic N) is 2. The van der Waals surface area contributed by atoms with Gasteiger partial charge in [-0.2, -0.15) is 0 Å². The second-order valence-electron chi connectivity index (χ2n) is 4.26. The van der Waals surface area contributed by atoms with E-state index < -0.39 is 0 Å². The molecule has 0 fully saturated rings. The fourth-order valence-electron chi connectivity index (χ4n) is 1.33. The van der Waals surface area contributed by atoms with Gasteiger partial charge in [0.15, 0.2) is 0 Å². The molecule has 1 aromatic rings. The topological polar surface area (TPSA) is 53.9 Å². The Hall–Kier alpha value is -1.88. The van der Waals surface area contributed by atoms with Gasteiger partial charge < -0.3 is 15.0 Å². The largest absolute Gasteiger partial charge is 0.372 e. The van der Waals surface area contributed by atoms with Crippen molar-refractivity contribution in [2.75, 3.05) is 32.6 Å². The molecule has 1 N–H and O–H groups in total. The van der Waals surface area contributed by atoms with Crippen molar-refractivity contribution in [2.45, 2.75) is 13.8 Å². The summed E-state index contributed by atoms with van der Waals surface area (Å²) in [5, 5.41) is 2.80. The minimum Gasteiger partial charge on any atom is -0.372 e. The first-order valence-corrected chi connectivity index (χ1v) is 6.23. The van der Waals surface area contributed by atoms with Gasteiger partial charge in [-0.05, 0) is 26.0 Å². The van der Waals surface area contributed by atoms with E-state index in [1.165, 1.54) is 0 Å². The number of para-hydroxylation sites is 2. The fourth-order valence-corrected chi connectivity index (χ4v) is 1.33. The number of rotatable bonds is 5. The number of carbonyl (C=O) groups excluding carboxylic acids is 1. The van der Waals surface area contributed by atoms with Crippen LogP contribution in [-0.2, 0) is 9.53 Å². The smallest absolute Gasteiger partial charge is 0.250 e. The summed E-state index contributed by atoms with van der Waals surface area (Å²) in [4.78, 5) is 18.0. The third kappa shape index (κ3) is 5.09. The van der Waals surface area contributed by atoms with E-state index in [0.717, 1.165) is 11.5 Å². The average molecular weight is 263 g/mol. The van der Waals surface area contributed by atoms with Crippen molar-refractivity contribution in [2.24, 2.45) is 4.99 Å². The minimum absolute atomic E-state index is 0.0568. The van der Waals surface area contributed by atoms with E-state index >= 15 is 0 Å². The van der Waals surface area contributed by atoms with Crippen molar-refractivity contribution >= 4 is 23.1 Å². The Morgan fingerprint density at radius 3 is 2.68 bits per heavy atom. The predicted molar refractivity (Wildman–Crippen MR) is 78.0 cm³/mol. The van der Waals surface area contributed by atoms with Gasteiger partial charge in [0, 0.05) is 20.7 Å². The molecule has 0 spiro atoms. The lowest BCUT2D eigenvalue weighted by atomic mass is 10.2. The molecule has 0 aliphatic heterocycles. The highest BCUT2D eigenvalue weighted by atomic mass is 16.5. The molecule has 0 atom stereocenters. The number of hydrogen-bond acceptors (Lipinski definition) is 3. The van der Waals surface area contributed by atoms with Crippen molar-refractivity contribution in [1.82, 2.24) is 4.90 Å². The predicted octanol–water partition coefficient (Wildman–Crippen LogP) is 2.27. The summed E-state index contributed by atoms with van der Waals surface area (Å²) in [7, 11) is 3.85. The van der Waals surface area contributed by atoms with E-state index in [9.17, 15) is 4.79 Å². The van der Waals surface area contributed by atoms with Crippen LogP contribution in [0, 0.1) is 0 Å². The highest BCUT2D eigenvalue weighted by molar-refractivity contribution is 5.95. The lowest BCUT2D eigenvalue weighted by Crippen LogP contribution is -2.19. The molecule has 19 heavy (non-hydrogen) atoms. The van der Waals surface area contributed by atoms with Crippen LogP contribution in [0.2, 0.25) is 0 Å². The zero-order valence-electron chi connectivity index (χ0n) is 11.9. The molecule has 1 amide bonds. The second kappa shape index (κ2) is 7.53. The van der Waals surface area contributed by atoms with Crippen LogP contribution in [-0.4, -0.2) is 44.0 Å². The van der Waals surface area contributed by atoms with Crippen molar-refractivity contribution < 1.29 is 9.53 Å². The molecule has 0 aliphatic carbocycles. The lowest BCUT2D eigenvalue weighted by molar-refractivity contribution is -0.120. The first kappa shape index (κ1) is 15.2. The van der Waals surface area contributed by atoms with Gasteiger partial charge in [0.1, 0.15) is 12.4 Å². The van der Waals surface area contributed by atoms with Gasteiger partial charge in [-0.25, -0.2) is 4.99 Å². The molecule has 1 aromatic carbocycles. The van der Waals surface area contributed by atoms with Crippen molar-refractivity contribution in [3.63, 3.8) is 0 Å². The van der Waals surface area contributed by atoms with Gasteiger partial charge in [0.2, 0.25) is 5.91 Å². The van der Waals surface area contributed by atoms with Crippen LogP contribution in [0.4, 0.5) is 11.4 Å². The number of amides is 1. The summed E-state index contributed by atoms with van der Waals surface area (Å²) in [6.45, 7) is 4.35. The molecule has 0 saturated carbocycles. The standard InChI is InChI=1S/C14H21N3O2/c1-5-19-10-14(18)16-13-9-7-6-8-12(13)15-11(2)17(3)4/h6-9H,5,10H2,1-4H3,(H,16,18)/b15-11+. The number of ether oxygens (including phenoxy) is 1. The number of hydrogen-bond donors (Lipinski definition) is 1. The van der Waals surface area contributed by atoms with E-state index in [0.29, 0.717) is 12.3 Å². The third-order valence-corrected chi connectivity index (χ3v) is 2.54. The van der Waals surface area contributed by atoms with Crippen molar-refractivity contribution in [3.8, 4) is 0 Å². The number of carbonyl (C=O) groups is 1. The Bertz CT molecular complexity index is 456. The van der Waals surface area contributed by atoms with Crippen LogP contribution < -0.4 is 5.32 Å². The summed E-state index contributed by atoms with van der Waals surface area (Å²) < 4.78 is 5.07. The van der Waals surface area contributed by atoms with E-state index in [-0.39, 0.29) is 12.5 Å². The first-order chi connectivity index (χ1) is 9.04. The Labute approximate surface area is 114 Å². The first-order valence-electron chi connectivity index (χ1n) is 6.23. The van der Waals surface area contributed by atoms with Crippen LogP contribution in [0.1, 0.15) is 13.8 Å². The van der Waals surface area contributed by atoms with E-state index in [1.54, 1.807) is 0 Å². The maximum atomic E-state index is 11.6. The summed E-state index contributed by atoms with van der Waals surface area (Å²) in [5.41, 5.74) is 1.42. The highest BCUT2D eigenvalue weighted by Crippen LogP contribution is 2.24. The maximum Gasteiger partial charge on any atom is 0.250 e. The molecular formula is C14H21N3O2. The zero-order valence-corrected chi connectivity index (χ0v) is 11.9. The lowest BCUT2D eigenvalue weighted by Gasteiger charge is -2.13. The van der Waals surface area contributed by atoms with Crippen LogP contribution in [0.5, 0.6) is 0 Å². The molecule has 104 valence electrons. The van der Waals surface area contributed by atoms with Crippen LogP contribution in [0.3, 0.4) is 0 Å². The number of aliphatic imine (C=N–C) groups is 1. The monoisotopic (exact) mass is 263 g/mol. The minimum atomic E-state index is -0.174. The van der Waals surface area contributed by atoms with Gasteiger partial charge >= 0.3 is 0 Å². The number of nitrogens with one attached hydrogen (secondary N) is 1. The highest BCUT2D eigenvalue weighted by Gasteiger charge is 2.06. The summed E-state index contributed by atoms with van der Waals surface area (Å²) in [6.07, 6.45) is 0. The molecule has 0 saturated heterocycles. The Morgan fingerprint density at radius 2 is 2.05 bits per heavy atom. The molecule has 1 rings (SSSR count). The number of benzene rings is 1. The molecule has 0 heterocycles. The number of anilines is 1. The van der Waals surface area contributed by atoms with Crippen LogP contribution >= 0.6 is 0 Å². The van der Waals surface area contributed by atoms with Crippen molar-refractivity contribution in [3.05, 3.63) is 24.3 Å². The molecule has 0 bridgehead atoms. The zero-order chi connectivity index (χ0) is 14.3. The molecular weight excluding hydrogens is 242 g/mol. The van der Waals surface area contributed by atoms with E-state index in [1.807, 2.05) is 57.1 Å². The van der Waals surface area contributed by atoms with Crippen LogP contribution in [0.15, 0.2) is 29.3 Å². The molecule has 0 radical (unpaired) electrons. The Kier molecular flexibility index (Phi) is 6.02. The molecule has 0 aromatic heterocycles. The van der Waals surface area contributed by atoms with Gasteiger partial charge in [-0.3, -0.25) is 4.79 Å². The fraction of sp³-hybridized carbons (Fsp3) is 0.429. The average Bonchev–Trinajstić information content (AvgIpc) is 2.38. The third-order valence-electron chi connectivity index (χ3n) is 2.54. The van der Waals surface area contributed by atoms with Crippen molar-refractivity contribution in [1.29, 1.82) is 0 Å². The molecule has 0 aliphatic rings. The van der Waals surface area contributed by atoms with Gasteiger partial charge in [0.25, 0.3) is 0 Å². The second-order valence-corrected chi connectivity index (χ2v) is 4.26. The quantitative estimate of drug-likeness (QED) is 0.655. The molecule has 0 unspecified atom stereocenters. The van der Waals surface area contributed by atoms with E-state index in [4.69, 9.17) is 4.74 Å². The van der Waals surface area contributed by atoms with Gasteiger partial charge in [0.05, 0.1) is 11.4 Å². The normalized spacial score (nSPS) is 11.3. The van der Waals surface area contributed by atoms with Gasteiger partial charge in [-0.1, -0.05) is 12.1 Å². The summed E-state index contributed by atoms with van der Waals surface area (Å²) in [6, 6.07) is 7.44. The van der Waals surface area contributed by atoms with Crippen LogP contribution in [0.25, 0.3) is 0 Å². The number of amidine groups is 1. The van der Waals surface area contributed by atoms with Gasteiger partial charge in [-0.15, -0.1) is 0 Å². The summed E-state index contributed by atoms with van der Waals surface area (Å²) >= 11 is 0. The Balaban J connectivity index is 2.84. The maximum absolute atomic E-state index is 11.6. The molecule has 5 nitrogen and oxygen atoms in total.